The van der Waals surface area contributed by atoms with Crippen molar-refractivity contribution in [1.29, 1.82) is 0 Å². The average Bonchev–Trinajstić information content (AvgIpc) is 3.28. The Bertz CT molecular complexity index is 1120. The highest BCUT2D eigenvalue weighted by Crippen LogP contribution is 2.27. The normalized spacial score (nSPS) is 10.9. The minimum Gasteiger partial charge on any atom is -0.462 e. The number of pyridine rings is 1. The fourth-order valence-corrected chi connectivity index (χ4v) is 3.21. The number of esters is 1. The van der Waals surface area contributed by atoms with E-state index in [0.717, 1.165) is 15.9 Å². The third-order valence-corrected chi connectivity index (χ3v) is 4.57. The zero-order valence-corrected chi connectivity index (χ0v) is 15.5. The molecule has 0 saturated heterocycles. The molecule has 0 aliphatic heterocycles. The van der Waals surface area contributed by atoms with Gasteiger partial charge in [-0.2, -0.15) is 9.78 Å². The number of ether oxygens (including phenoxy) is 1. The van der Waals surface area contributed by atoms with Crippen LogP contribution in [0.4, 0.5) is 10.9 Å². The standard InChI is InChI=1S/C18H16N6O2S/c1-3-26-17(25)13-10-19-24(16(13)21-18-23-22-11(2)27-18)15-9-8-12-6-4-5-7-14(12)20-15/h4-10H,3H2,1-2H3,(H,21,23). The molecule has 0 saturated carbocycles. The van der Waals surface area contributed by atoms with Crippen molar-refractivity contribution in [3.05, 3.63) is 53.2 Å². The van der Waals surface area contributed by atoms with E-state index in [1.54, 1.807) is 11.6 Å². The van der Waals surface area contributed by atoms with Crippen LogP contribution in [0.5, 0.6) is 0 Å². The van der Waals surface area contributed by atoms with Crippen LogP contribution in [0.25, 0.3) is 16.7 Å². The molecule has 136 valence electrons. The van der Waals surface area contributed by atoms with Crippen LogP contribution in [0.15, 0.2) is 42.6 Å². The topological polar surface area (TPSA) is 94.8 Å². The molecule has 8 nitrogen and oxygen atoms in total. The minimum absolute atomic E-state index is 0.273. The highest BCUT2D eigenvalue weighted by atomic mass is 32.1. The number of hydrogen-bond acceptors (Lipinski definition) is 8. The van der Waals surface area contributed by atoms with Crippen molar-refractivity contribution in [2.24, 2.45) is 0 Å². The first-order chi connectivity index (χ1) is 13.2. The van der Waals surface area contributed by atoms with Gasteiger partial charge in [0.25, 0.3) is 0 Å². The first-order valence-corrected chi connectivity index (χ1v) is 9.16. The summed E-state index contributed by atoms with van der Waals surface area (Å²) in [7, 11) is 0. The SMILES string of the molecule is CCOC(=O)c1cnn(-c2ccc3ccccc3n2)c1Nc1nnc(C)s1. The third kappa shape index (κ3) is 3.36. The summed E-state index contributed by atoms with van der Waals surface area (Å²) in [4.78, 5) is 17.0. The smallest absolute Gasteiger partial charge is 0.343 e. The van der Waals surface area contributed by atoms with E-state index < -0.39 is 5.97 Å². The minimum atomic E-state index is -0.465. The van der Waals surface area contributed by atoms with Crippen LogP contribution in [0, 0.1) is 6.92 Å². The average molecular weight is 380 g/mol. The second kappa shape index (κ2) is 7.12. The number of nitrogens with zero attached hydrogens (tertiary/aromatic N) is 5. The Balaban J connectivity index is 1.81. The molecule has 0 aliphatic rings. The highest BCUT2D eigenvalue weighted by molar-refractivity contribution is 7.15. The van der Waals surface area contributed by atoms with E-state index in [9.17, 15) is 4.79 Å². The number of anilines is 2. The first kappa shape index (κ1) is 17.1. The van der Waals surface area contributed by atoms with Gasteiger partial charge in [0.1, 0.15) is 10.6 Å². The lowest BCUT2D eigenvalue weighted by Crippen LogP contribution is -2.10. The largest absolute Gasteiger partial charge is 0.462 e. The maximum absolute atomic E-state index is 12.3. The van der Waals surface area contributed by atoms with Gasteiger partial charge in [0.2, 0.25) is 5.13 Å². The van der Waals surface area contributed by atoms with Crippen molar-refractivity contribution in [2.45, 2.75) is 13.8 Å². The van der Waals surface area contributed by atoms with E-state index in [4.69, 9.17) is 4.74 Å². The Hall–Kier alpha value is -3.33. The van der Waals surface area contributed by atoms with Gasteiger partial charge in [0, 0.05) is 5.39 Å². The number of nitrogens with one attached hydrogen (secondary N) is 1. The predicted octanol–water partition coefficient (Wildman–Crippen LogP) is 3.50. The molecule has 0 bridgehead atoms. The molecule has 0 atom stereocenters. The maximum atomic E-state index is 12.3. The number of benzene rings is 1. The van der Waals surface area contributed by atoms with E-state index in [-0.39, 0.29) is 6.61 Å². The Labute approximate surface area is 158 Å². The summed E-state index contributed by atoms with van der Waals surface area (Å²) in [5.41, 5.74) is 1.14. The molecule has 0 aliphatic carbocycles. The van der Waals surface area contributed by atoms with Crippen LogP contribution >= 0.6 is 11.3 Å². The molecule has 27 heavy (non-hydrogen) atoms. The molecule has 4 aromatic rings. The number of carbonyl (C=O) groups is 1. The van der Waals surface area contributed by atoms with E-state index in [2.05, 4.69) is 25.6 Å². The van der Waals surface area contributed by atoms with Gasteiger partial charge >= 0.3 is 5.97 Å². The van der Waals surface area contributed by atoms with Crippen molar-refractivity contribution >= 4 is 39.2 Å². The summed E-state index contributed by atoms with van der Waals surface area (Å²) in [5, 5.41) is 17.9. The quantitative estimate of drug-likeness (QED) is 0.529. The lowest BCUT2D eigenvalue weighted by atomic mass is 10.2. The molecule has 3 heterocycles. The number of aryl methyl sites for hydroxylation is 1. The zero-order chi connectivity index (χ0) is 18.8. The van der Waals surface area contributed by atoms with Gasteiger partial charge in [-0.3, -0.25) is 0 Å². The first-order valence-electron chi connectivity index (χ1n) is 8.34. The fraction of sp³-hybridized carbons (Fsp3) is 0.167. The van der Waals surface area contributed by atoms with Gasteiger partial charge in [-0.05, 0) is 32.0 Å². The van der Waals surface area contributed by atoms with E-state index >= 15 is 0 Å². The Morgan fingerprint density at radius 1 is 1.22 bits per heavy atom. The van der Waals surface area contributed by atoms with Crippen LogP contribution in [0.2, 0.25) is 0 Å². The Morgan fingerprint density at radius 2 is 2.07 bits per heavy atom. The molecule has 0 spiro atoms. The zero-order valence-electron chi connectivity index (χ0n) is 14.7. The number of aromatic nitrogens is 5. The van der Waals surface area contributed by atoms with Crippen LogP contribution in [-0.2, 0) is 4.74 Å². The lowest BCUT2D eigenvalue weighted by molar-refractivity contribution is 0.0527. The summed E-state index contributed by atoms with van der Waals surface area (Å²) in [6, 6.07) is 11.6. The molecule has 0 fully saturated rings. The van der Waals surface area contributed by atoms with Gasteiger partial charge in [0.05, 0.1) is 18.3 Å². The molecule has 0 unspecified atom stereocenters. The molecule has 0 radical (unpaired) electrons. The van der Waals surface area contributed by atoms with Gasteiger partial charge in [-0.15, -0.1) is 10.2 Å². The number of rotatable bonds is 5. The van der Waals surface area contributed by atoms with Gasteiger partial charge < -0.3 is 10.1 Å². The maximum Gasteiger partial charge on any atom is 0.343 e. The molecular formula is C18H16N6O2S. The lowest BCUT2D eigenvalue weighted by Gasteiger charge is -2.10. The number of para-hydroxylation sites is 1. The fourth-order valence-electron chi connectivity index (χ4n) is 2.62. The van der Waals surface area contributed by atoms with Crippen molar-refractivity contribution in [1.82, 2.24) is 25.0 Å². The van der Waals surface area contributed by atoms with Gasteiger partial charge in [-0.25, -0.2) is 9.78 Å². The van der Waals surface area contributed by atoms with Crippen molar-refractivity contribution in [3.63, 3.8) is 0 Å². The summed E-state index contributed by atoms with van der Waals surface area (Å²) in [6.07, 6.45) is 1.46. The molecular weight excluding hydrogens is 364 g/mol. The molecule has 4 rings (SSSR count). The van der Waals surface area contributed by atoms with E-state index in [1.165, 1.54) is 17.5 Å². The van der Waals surface area contributed by atoms with Crippen molar-refractivity contribution in [3.8, 4) is 5.82 Å². The summed E-state index contributed by atoms with van der Waals surface area (Å²) in [5.74, 6) is 0.550. The van der Waals surface area contributed by atoms with Crippen LogP contribution in [0.3, 0.4) is 0 Å². The molecule has 3 aromatic heterocycles. The number of fused-ring (bicyclic) bond motifs is 1. The molecule has 1 N–H and O–H groups in total. The van der Waals surface area contributed by atoms with Crippen LogP contribution in [-0.4, -0.2) is 37.5 Å². The molecule has 9 heteroatoms. The second-order valence-corrected chi connectivity index (χ2v) is 6.83. The van der Waals surface area contributed by atoms with Gasteiger partial charge in [0.15, 0.2) is 11.6 Å². The number of carbonyl (C=O) groups excluding carboxylic acids is 1. The summed E-state index contributed by atoms with van der Waals surface area (Å²) >= 11 is 1.38. The third-order valence-electron chi connectivity index (χ3n) is 3.82. The Morgan fingerprint density at radius 3 is 2.85 bits per heavy atom. The molecule has 1 aromatic carbocycles. The van der Waals surface area contributed by atoms with Crippen molar-refractivity contribution in [2.75, 3.05) is 11.9 Å². The predicted molar refractivity (Wildman–Crippen MR) is 103 cm³/mol. The van der Waals surface area contributed by atoms with E-state index in [0.29, 0.717) is 22.3 Å². The summed E-state index contributed by atoms with van der Waals surface area (Å²) in [6.45, 7) is 3.89. The number of hydrogen-bond donors (Lipinski definition) is 1. The summed E-state index contributed by atoms with van der Waals surface area (Å²) < 4.78 is 6.71. The van der Waals surface area contributed by atoms with Crippen LogP contribution < -0.4 is 5.32 Å². The van der Waals surface area contributed by atoms with E-state index in [1.807, 2.05) is 43.3 Å². The van der Waals surface area contributed by atoms with Gasteiger partial charge in [-0.1, -0.05) is 29.5 Å². The highest BCUT2D eigenvalue weighted by Gasteiger charge is 2.21. The van der Waals surface area contributed by atoms with Crippen LogP contribution in [0.1, 0.15) is 22.3 Å². The second-order valence-electron chi connectivity index (χ2n) is 5.65. The Kier molecular flexibility index (Phi) is 4.51. The molecule has 0 amide bonds. The monoisotopic (exact) mass is 380 g/mol. The van der Waals surface area contributed by atoms with Crippen molar-refractivity contribution < 1.29 is 9.53 Å².